The fraction of sp³-hybridized carbons (Fsp3) is 0.125. The summed E-state index contributed by atoms with van der Waals surface area (Å²) in [6.07, 6.45) is 2.28. The first kappa shape index (κ1) is 14.1. The highest BCUT2D eigenvalue weighted by Gasteiger charge is 2.11. The smallest absolute Gasteiger partial charge is 0.137 e. The average molecular weight is 346 g/mol. The lowest BCUT2D eigenvalue weighted by atomic mass is 10.0. The first-order valence-electron chi connectivity index (χ1n) is 6.54. The van der Waals surface area contributed by atoms with Gasteiger partial charge in [0.05, 0.1) is 33.4 Å². The predicted octanol–water partition coefficient (Wildman–Crippen LogP) is 3.77. The molecule has 1 heterocycles. The summed E-state index contributed by atoms with van der Waals surface area (Å²) in [4.78, 5) is 8.90. The molecule has 3 nitrogen and oxygen atoms in total. The van der Waals surface area contributed by atoms with Gasteiger partial charge in [-0.1, -0.05) is 18.2 Å². The van der Waals surface area contributed by atoms with Gasteiger partial charge < -0.3 is 5.73 Å². The van der Waals surface area contributed by atoms with Gasteiger partial charge in [0.2, 0.25) is 0 Å². The number of benzene rings is 2. The van der Waals surface area contributed by atoms with E-state index in [1.807, 2.05) is 24.3 Å². The minimum atomic E-state index is -0.280. The number of halogens is 2. The second-order valence-electron chi connectivity index (χ2n) is 4.84. The Kier molecular flexibility index (Phi) is 3.94. The molecule has 0 fully saturated rings. The molecule has 21 heavy (non-hydrogen) atoms. The molecule has 2 aromatic carbocycles. The molecule has 0 spiro atoms. The molecule has 0 radical (unpaired) electrons. The Labute approximate surface area is 130 Å². The summed E-state index contributed by atoms with van der Waals surface area (Å²) in [6.45, 7) is 0. The molecule has 0 aliphatic carbocycles. The molecule has 0 saturated carbocycles. The molecule has 3 aromatic rings. The van der Waals surface area contributed by atoms with E-state index in [1.165, 1.54) is 6.07 Å². The quantitative estimate of drug-likeness (QED) is 0.785. The summed E-state index contributed by atoms with van der Waals surface area (Å²) in [6, 6.07) is 12.3. The van der Waals surface area contributed by atoms with Crippen LogP contribution in [0.15, 0.2) is 53.1 Å². The lowest BCUT2D eigenvalue weighted by molar-refractivity contribution is 0.618. The highest BCUT2D eigenvalue weighted by molar-refractivity contribution is 9.10. The van der Waals surface area contributed by atoms with E-state index in [1.54, 1.807) is 18.3 Å². The first-order valence-corrected chi connectivity index (χ1v) is 7.34. The number of nitrogens with two attached hydrogens (primary N) is 1. The van der Waals surface area contributed by atoms with Crippen LogP contribution in [-0.4, -0.2) is 9.97 Å². The molecule has 0 aliphatic rings. The zero-order valence-electron chi connectivity index (χ0n) is 11.1. The largest absolute Gasteiger partial charge is 0.322 e. The normalized spacial score (nSPS) is 12.5. The van der Waals surface area contributed by atoms with Crippen LogP contribution in [0.3, 0.4) is 0 Å². The average Bonchev–Trinajstić information content (AvgIpc) is 2.50. The Morgan fingerprint density at radius 2 is 1.90 bits per heavy atom. The fourth-order valence-electron chi connectivity index (χ4n) is 2.18. The molecule has 0 aliphatic heterocycles. The Morgan fingerprint density at radius 1 is 1.14 bits per heavy atom. The molecular weight excluding hydrogens is 333 g/mol. The molecule has 1 aromatic heterocycles. The molecule has 1 unspecified atom stereocenters. The molecule has 0 amide bonds. The monoisotopic (exact) mass is 345 g/mol. The second-order valence-corrected chi connectivity index (χ2v) is 5.70. The number of hydrogen-bond donors (Lipinski definition) is 1. The van der Waals surface area contributed by atoms with Crippen LogP contribution < -0.4 is 5.73 Å². The molecule has 5 heteroatoms. The van der Waals surface area contributed by atoms with Gasteiger partial charge in [-0.3, -0.25) is 4.98 Å². The van der Waals surface area contributed by atoms with Crippen molar-refractivity contribution in [2.75, 3.05) is 0 Å². The third kappa shape index (κ3) is 3.09. The minimum absolute atomic E-state index is 0.278. The van der Waals surface area contributed by atoms with Crippen LogP contribution in [0.25, 0.3) is 11.0 Å². The number of hydrogen-bond acceptors (Lipinski definition) is 3. The van der Waals surface area contributed by atoms with Crippen molar-refractivity contribution in [3.05, 3.63) is 70.2 Å². The Morgan fingerprint density at radius 3 is 2.67 bits per heavy atom. The lowest BCUT2D eigenvalue weighted by Gasteiger charge is -2.12. The molecule has 106 valence electrons. The fourth-order valence-corrected chi connectivity index (χ4v) is 2.60. The lowest BCUT2D eigenvalue weighted by Crippen LogP contribution is -2.15. The summed E-state index contributed by atoms with van der Waals surface area (Å²) in [7, 11) is 0. The van der Waals surface area contributed by atoms with Crippen LogP contribution in [0.5, 0.6) is 0 Å². The third-order valence-electron chi connectivity index (χ3n) is 3.29. The van der Waals surface area contributed by atoms with Gasteiger partial charge in [0.1, 0.15) is 5.82 Å². The number of aromatic nitrogens is 2. The number of fused-ring (bicyclic) bond motifs is 1. The zero-order chi connectivity index (χ0) is 14.8. The van der Waals surface area contributed by atoms with E-state index in [0.29, 0.717) is 10.9 Å². The zero-order valence-corrected chi connectivity index (χ0v) is 12.7. The summed E-state index contributed by atoms with van der Waals surface area (Å²) in [5.41, 5.74) is 9.55. The van der Waals surface area contributed by atoms with Gasteiger partial charge >= 0.3 is 0 Å². The summed E-state index contributed by atoms with van der Waals surface area (Å²) < 4.78 is 13.7. The topological polar surface area (TPSA) is 51.8 Å². The van der Waals surface area contributed by atoms with Crippen molar-refractivity contribution >= 4 is 27.0 Å². The number of rotatable bonds is 3. The van der Waals surface area contributed by atoms with Gasteiger partial charge in [-0.25, -0.2) is 9.37 Å². The van der Waals surface area contributed by atoms with Crippen molar-refractivity contribution in [3.63, 3.8) is 0 Å². The van der Waals surface area contributed by atoms with Crippen LogP contribution in [0, 0.1) is 5.82 Å². The van der Waals surface area contributed by atoms with E-state index in [4.69, 9.17) is 5.73 Å². The van der Waals surface area contributed by atoms with Gasteiger partial charge in [0.15, 0.2) is 0 Å². The molecule has 3 rings (SSSR count). The Balaban J connectivity index is 1.85. The highest BCUT2D eigenvalue weighted by Crippen LogP contribution is 2.21. The van der Waals surface area contributed by atoms with E-state index in [9.17, 15) is 4.39 Å². The maximum absolute atomic E-state index is 13.2. The van der Waals surface area contributed by atoms with Crippen molar-refractivity contribution in [1.82, 2.24) is 9.97 Å². The van der Waals surface area contributed by atoms with E-state index < -0.39 is 0 Å². The SMILES string of the molecule is NC(Cc1ccc(F)c(Br)c1)c1cnc2ccccc2n1. The summed E-state index contributed by atoms with van der Waals surface area (Å²) >= 11 is 3.18. The van der Waals surface area contributed by atoms with Gasteiger partial charge in [-0.05, 0) is 52.2 Å². The van der Waals surface area contributed by atoms with Gasteiger partial charge in [-0.15, -0.1) is 0 Å². The molecular formula is C16H13BrFN3. The standard InChI is InChI=1S/C16H13BrFN3/c17-11-7-10(5-6-12(11)18)8-13(19)16-9-20-14-3-1-2-4-15(14)21-16/h1-7,9,13H,8,19H2. The molecule has 2 N–H and O–H groups in total. The third-order valence-corrected chi connectivity index (χ3v) is 3.89. The summed E-state index contributed by atoms with van der Waals surface area (Å²) in [5.74, 6) is -0.280. The van der Waals surface area contributed by atoms with Crippen molar-refractivity contribution in [1.29, 1.82) is 0 Å². The number of nitrogens with zero attached hydrogens (tertiary/aromatic N) is 2. The van der Waals surface area contributed by atoms with Crippen molar-refractivity contribution < 1.29 is 4.39 Å². The van der Waals surface area contributed by atoms with Crippen molar-refractivity contribution in [3.8, 4) is 0 Å². The predicted molar refractivity (Wildman–Crippen MR) is 84.3 cm³/mol. The van der Waals surface area contributed by atoms with Crippen LogP contribution in [0.2, 0.25) is 0 Å². The van der Waals surface area contributed by atoms with Crippen LogP contribution in [0.1, 0.15) is 17.3 Å². The Bertz CT molecular complexity index is 791. The number of para-hydroxylation sites is 2. The molecule has 0 bridgehead atoms. The van der Waals surface area contributed by atoms with E-state index >= 15 is 0 Å². The van der Waals surface area contributed by atoms with Gasteiger partial charge in [0, 0.05) is 0 Å². The maximum atomic E-state index is 13.2. The van der Waals surface area contributed by atoms with Gasteiger partial charge in [0.25, 0.3) is 0 Å². The van der Waals surface area contributed by atoms with Crippen molar-refractivity contribution in [2.45, 2.75) is 12.5 Å². The first-order chi connectivity index (χ1) is 10.1. The Hall–Kier alpha value is -1.85. The van der Waals surface area contributed by atoms with E-state index in [0.717, 1.165) is 22.3 Å². The van der Waals surface area contributed by atoms with Gasteiger partial charge in [-0.2, -0.15) is 0 Å². The van der Waals surface area contributed by atoms with Crippen LogP contribution >= 0.6 is 15.9 Å². The highest BCUT2D eigenvalue weighted by atomic mass is 79.9. The van der Waals surface area contributed by atoms with Crippen molar-refractivity contribution in [2.24, 2.45) is 5.73 Å². The van der Waals surface area contributed by atoms with E-state index in [-0.39, 0.29) is 11.9 Å². The maximum Gasteiger partial charge on any atom is 0.137 e. The molecule has 0 saturated heterocycles. The second kappa shape index (κ2) is 5.87. The summed E-state index contributed by atoms with van der Waals surface area (Å²) in [5, 5.41) is 0. The molecule has 1 atom stereocenters. The van der Waals surface area contributed by atoms with Crippen LogP contribution in [-0.2, 0) is 6.42 Å². The van der Waals surface area contributed by atoms with Crippen LogP contribution in [0.4, 0.5) is 4.39 Å². The minimum Gasteiger partial charge on any atom is -0.322 e. The van der Waals surface area contributed by atoms with E-state index in [2.05, 4.69) is 25.9 Å².